The smallest absolute Gasteiger partial charge is 0.332 e. The van der Waals surface area contributed by atoms with Gasteiger partial charge in [0.15, 0.2) is 17.5 Å². The molecule has 7 nitrogen and oxygen atoms in total. The molecule has 3 N–H and O–H groups in total. The van der Waals surface area contributed by atoms with E-state index in [9.17, 15) is 9.59 Å². The normalized spacial score (nSPS) is 11.4. The molecule has 1 aromatic carbocycles. The van der Waals surface area contributed by atoms with Crippen molar-refractivity contribution in [1.82, 2.24) is 0 Å². The predicted octanol–water partition coefficient (Wildman–Crippen LogP) is 0.923. The molecule has 0 aliphatic heterocycles. The minimum atomic E-state index is -1.37. The summed E-state index contributed by atoms with van der Waals surface area (Å²) in [5.41, 5.74) is 5.95. The Kier molecular flexibility index (Phi) is 6.48. The number of carbonyl (C=O) groups excluding carboxylic acids is 2. The lowest BCUT2D eigenvalue weighted by atomic mass is 10.2. The number of hydrogen-bond donors (Lipinski definition) is 2. The summed E-state index contributed by atoms with van der Waals surface area (Å²) in [5.74, 6) is -0.387. The van der Waals surface area contributed by atoms with E-state index in [1.165, 1.54) is 7.11 Å². The van der Waals surface area contributed by atoms with Crippen LogP contribution in [0.25, 0.3) is 0 Å². The minimum Gasteiger partial charge on any atom is -0.493 e. The standard InChI is InChI=1S/C14H20N2O5/c1-4-20-11-8-9(6-7-10(11)19-3)16-13(17)12(15)14(18)21-5-2/h6-8,12H,4-5,15H2,1-3H3,(H,16,17). The quantitative estimate of drug-likeness (QED) is 0.573. The zero-order valence-electron chi connectivity index (χ0n) is 12.3. The molecule has 0 aliphatic carbocycles. The Morgan fingerprint density at radius 2 is 1.95 bits per heavy atom. The second kappa shape index (κ2) is 8.11. The molecule has 116 valence electrons. The van der Waals surface area contributed by atoms with E-state index in [4.69, 9.17) is 19.9 Å². The van der Waals surface area contributed by atoms with Crippen molar-refractivity contribution in [3.63, 3.8) is 0 Å². The topological polar surface area (TPSA) is 99.9 Å². The fraction of sp³-hybridized carbons (Fsp3) is 0.429. The van der Waals surface area contributed by atoms with Gasteiger partial charge in [0.1, 0.15) is 0 Å². The summed E-state index contributed by atoms with van der Waals surface area (Å²) in [5, 5.41) is 2.53. The van der Waals surface area contributed by atoms with E-state index < -0.39 is 17.9 Å². The molecule has 1 atom stereocenters. The first-order valence-electron chi connectivity index (χ1n) is 6.57. The molecule has 0 saturated heterocycles. The highest BCUT2D eigenvalue weighted by Gasteiger charge is 2.23. The maximum absolute atomic E-state index is 11.8. The van der Waals surface area contributed by atoms with Gasteiger partial charge >= 0.3 is 5.97 Å². The molecule has 0 bridgehead atoms. The second-order valence-corrected chi connectivity index (χ2v) is 4.02. The number of amides is 1. The lowest BCUT2D eigenvalue weighted by molar-refractivity contribution is -0.146. The third-order valence-electron chi connectivity index (χ3n) is 2.55. The van der Waals surface area contributed by atoms with Crippen molar-refractivity contribution in [1.29, 1.82) is 0 Å². The predicted molar refractivity (Wildman–Crippen MR) is 77.4 cm³/mol. The van der Waals surface area contributed by atoms with Crippen LogP contribution in [0.2, 0.25) is 0 Å². The summed E-state index contributed by atoms with van der Waals surface area (Å²) >= 11 is 0. The van der Waals surface area contributed by atoms with E-state index in [1.54, 1.807) is 25.1 Å². The van der Waals surface area contributed by atoms with Crippen LogP contribution in [0.1, 0.15) is 13.8 Å². The van der Waals surface area contributed by atoms with Gasteiger partial charge in [-0.2, -0.15) is 0 Å². The summed E-state index contributed by atoms with van der Waals surface area (Å²) in [6.07, 6.45) is 0. The number of ether oxygens (including phenoxy) is 3. The van der Waals surface area contributed by atoms with Crippen LogP contribution in [0.15, 0.2) is 18.2 Å². The van der Waals surface area contributed by atoms with Gasteiger partial charge in [0.05, 0.1) is 20.3 Å². The molecule has 0 heterocycles. The zero-order valence-corrected chi connectivity index (χ0v) is 12.3. The van der Waals surface area contributed by atoms with Gasteiger partial charge < -0.3 is 25.3 Å². The lowest BCUT2D eigenvalue weighted by Gasteiger charge is -2.14. The van der Waals surface area contributed by atoms with Crippen molar-refractivity contribution in [2.45, 2.75) is 19.9 Å². The van der Waals surface area contributed by atoms with Gasteiger partial charge in [-0.25, -0.2) is 4.79 Å². The molecule has 0 aliphatic rings. The molecule has 0 spiro atoms. The molecule has 0 aromatic heterocycles. The minimum absolute atomic E-state index is 0.164. The maximum Gasteiger partial charge on any atom is 0.332 e. The van der Waals surface area contributed by atoms with Gasteiger partial charge in [-0.1, -0.05) is 0 Å². The van der Waals surface area contributed by atoms with Crippen molar-refractivity contribution in [3.05, 3.63) is 18.2 Å². The van der Waals surface area contributed by atoms with Crippen LogP contribution in [0, 0.1) is 0 Å². The molecule has 0 fully saturated rings. The van der Waals surface area contributed by atoms with Gasteiger partial charge in [-0.3, -0.25) is 4.79 Å². The van der Waals surface area contributed by atoms with Crippen molar-refractivity contribution in [3.8, 4) is 11.5 Å². The van der Waals surface area contributed by atoms with Crippen molar-refractivity contribution >= 4 is 17.6 Å². The van der Waals surface area contributed by atoms with Gasteiger partial charge in [-0.15, -0.1) is 0 Å². The van der Waals surface area contributed by atoms with Crippen LogP contribution in [0.4, 0.5) is 5.69 Å². The van der Waals surface area contributed by atoms with E-state index in [0.717, 1.165) is 0 Å². The van der Waals surface area contributed by atoms with Crippen molar-refractivity contribution < 1.29 is 23.8 Å². The summed E-state index contributed by atoms with van der Waals surface area (Å²) in [7, 11) is 1.52. The molecule has 1 aromatic rings. The number of carbonyl (C=O) groups is 2. The second-order valence-electron chi connectivity index (χ2n) is 4.02. The third-order valence-corrected chi connectivity index (χ3v) is 2.55. The maximum atomic E-state index is 11.8. The Bertz CT molecular complexity index is 504. The van der Waals surface area contributed by atoms with E-state index in [1.807, 2.05) is 6.92 Å². The molecule has 1 unspecified atom stereocenters. The molecule has 0 saturated carbocycles. The third kappa shape index (κ3) is 4.64. The highest BCUT2D eigenvalue weighted by Crippen LogP contribution is 2.30. The van der Waals surface area contributed by atoms with E-state index in [0.29, 0.717) is 23.8 Å². The Balaban J connectivity index is 2.80. The highest BCUT2D eigenvalue weighted by molar-refractivity contribution is 6.08. The Labute approximate surface area is 123 Å². The van der Waals surface area contributed by atoms with Gasteiger partial charge in [0.25, 0.3) is 5.91 Å². The summed E-state index contributed by atoms with van der Waals surface area (Å²) in [6, 6.07) is 3.49. The number of benzene rings is 1. The zero-order chi connectivity index (χ0) is 15.8. The van der Waals surface area contributed by atoms with Gasteiger partial charge in [0.2, 0.25) is 0 Å². The molecular formula is C14H20N2O5. The summed E-state index contributed by atoms with van der Waals surface area (Å²) < 4.78 is 15.2. The summed E-state index contributed by atoms with van der Waals surface area (Å²) in [4.78, 5) is 23.2. The van der Waals surface area contributed by atoms with E-state index in [-0.39, 0.29) is 6.61 Å². The number of nitrogens with one attached hydrogen (secondary N) is 1. The van der Waals surface area contributed by atoms with E-state index in [2.05, 4.69) is 5.32 Å². The number of esters is 1. The fourth-order valence-electron chi connectivity index (χ4n) is 1.58. The number of anilines is 1. The fourth-order valence-corrected chi connectivity index (χ4v) is 1.58. The van der Waals surface area contributed by atoms with Gasteiger partial charge in [-0.05, 0) is 26.0 Å². The Morgan fingerprint density at radius 3 is 2.52 bits per heavy atom. The Morgan fingerprint density at radius 1 is 1.24 bits per heavy atom. The molecular weight excluding hydrogens is 276 g/mol. The number of methoxy groups -OCH3 is 1. The van der Waals surface area contributed by atoms with Crippen LogP contribution >= 0.6 is 0 Å². The monoisotopic (exact) mass is 296 g/mol. The first-order valence-corrected chi connectivity index (χ1v) is 6.57. The molecule has 0 radical (unpaired) electrons. The van der Waals surface area contributed by atoms with Crippen molar-refractivity contribution in [2.75, 3.05) is 25.6 Å². The Hall–Kier alpha value is -2.28. The van der Waals surface area contributed by atoms with Crippen molar-refractivity contribution in [2.24, 2.45) is 5.73 Å². The van der Waals surface area contributed by atoms with Crippen LogP contribution < -0.4 is 20.5 Å². The average molecular weight is 296 g/mol. The van der Waals surface area contributed by atoms with E-state index >= 15 is 0 Å². The molecule has 7 heteroatoms. The number of nitrogens with two attached hydrogens (primary N) is 1. The van der Waals surface area contributed by atoms with Crippen LogP contribution in [0.3, 0.4) is 0 Å². The van der Waals surface area contributed by atoms with Crippen LogP contribution in [-0.2, 0) is 14.3 Å². The SMILES string of the molecule is CCOC(=O)C(N)C(=O)Nc1ccc(OC)c(OCC)c1. The van der Waals surface area contributed by atoms with Gasteiger partial charge in [0, 0.05) is 11.8 Å². The number of hydrogen-bond acceptors (Lipinski definition) is 6. The molecule has 1 rings (SSSR count). The average Bonchev–Trinajstić information content (AvgIpc) is 2.47. The summed E-state index contributed by atoms with van der Waals surface area (Å²) in [6.45, 7) is 4.09. The highest BCUT2D eigenvalue weighted by atomic mass is 16.5. The van der Waals surface area contributed by atoms with Crippen LogP contribution in [-0.4, -0.2) is 38.2 Å². The molecule has 1 amide bonds. The largest absolute Gasteiger partial charge is 0.493 e. The first kappa shape index (κ1) is 16.8. The first-order chi connectivity index (χ1) is 10.0. The van der Waals surface area contributed by atoms with Crippen LogP contribution in [0.5, 0.6) is 11.5 Å². The lowest BCUT2D eigenvalue weighted by Crippen LogP contribution is -2.43. The number of rotatable bonds is 7. The molecule has 21 heavy (non-hydrogen) atoms.